The van der Waals surface area contributed by atoms with Gasteiger partial charge in [0.15, 0.2) is 0 Å². The van der Waals surface area contributed by atoms with E-state index in [4.69, 9.17) is 19.4 Å². The molecule has 0 bridgehead atoms. The van der Waals surface area contributed by atoms with Crippen molar-refractivity contribution < 1.29 is 4.42 Å². The number of fused-ring (bicyclic) bond motifs is 5. The summed E-state index contributed by atoms with van der Waals surface area (Å²) in [5.74, 6) is 7.98. The Labute approximate surface area is 210 Å². The van der Waals surface area contributed by atoms with E-state index in [1.807, 2.05) is 42.5 Å². The summed E-state index contributed by atoms with van der Waals surface area (Å²) in [4.78, 5) is 14.9. The molecule has 0 radical (unpaired) electrons. The molecule has 7 aromatic rings. The van der Waals surface area contributed by atoms with Gasteiger partial charge in [0.1, 0.15) is 0 Å². The van der Waals surface area contributed by atoms with Gasteiger partial charge in [0.25, 0.3) is 0 Å². The third-order valence-electron chi connectivity index (χ3n) is 6.79. The van der Waals surface area contributed by atoms with E-state index in [0.29, 0.717) is 5.65 Å². The van der Waals surface area contributed by atoms with E-state index in [-0.39, 0.29) is 0 Å². The monoisotopic (exact) mass is 530 g/mol. The summed E-state index contributed by atoms with van der Waals surface area (Å²) >= 11 is -2.00. The van der Waals surface area contributed by atoms with Gasteiger partial charge in [0.05, 0.1) is 0 Å². The van der Waals surface area contributed by atoms with Crippen LogP contribution in [0.4, 0.5) is 0 Å². The molecule has 0 saturated heterocycles. The first-order valence-corrected chi connectivity index (χ1v) is 19.5. The van der Waals surface area contributed by atoms with Crippen LogP contribution in [0.5, 0.6) is 0 Å². The predicted molar refractivity (Wildman–Crippen MR) is 150 cm³/mol. The number of para-hydroxylation sites is 4. The second-order valence-corrected chi connectivity index (χ2v) is 20.9. The number of imidazole rings is 1. The molecule has 4 aromatic carbocycles. The zero-order chi connectivity index (χ0) is 24.4. The van der Waals surface area contributed by atoms with Gasteiger partial charge in [-0.2, -0.15) is 0 Å². The predicted octanol–water partition coefficient (Wildman–Crippen LogP) is 7.08. The van der Waals surface area contributed by atoms with Crippen LogP contribution in [-0.2, 0) is 0 Å². The molecule has 0 atom stereocenters. The number of rotatable bonds is 3. The van der Waals surface area contributed by atoms with E-state index in [1.165, 1.54) is 4.40 Å². The standard InChI is InChI=1S/C30H24GeN4O/c1-31(2,3)19-16-17-21-22-12-9-13-23(27(22)36-26(21)18-19)29-34-28-30(35(29)20-10-5-4-6-11-20)33-25-15-8-7-14-24(25)32-28/h4-18H,1-3H3. The first kappa shape index (κ1) is 21.3. The van der Waals surface area contributed by atoms with Crippen LogP contribution >= 0.6 is 0 Å². The molecular formula is C30H24GeN4O. The zero-order valence-corrected chi connectivity index (χ0v) is 22.5. The Kier molecular flexibility index (Phi) is 4.60. The van der Waals surface area contributed by atoms with E-state index in [2.05, 4.69) is 70.4 Å². The molecular weight excluding hydrogens is 505 g/mol. The van der Waals surface area contributed by atoms with Crippen LogP contribution < -0.4 is 4.40 Å². The maximum absolute atomic E-state index is 6.57. The van der Waals surface area contributed by atoms with Gasteiger partial charge in [-0.3, -0.25) is 0 Å². The first-order chi connectivity index (χ1) is 17.5. The van der Waals surface area contributed by atoms with Crippen LogP contribution in [0.25, 0.3) is 61.3 Å². The van der Waals surface area contributed by atoms with Crippen molar-refractivity contribution in [3.63, 3.8) is 0 Å². The van der Waals surface area contributed by atoms with E-state index in [9.17, 15) is 0 Å². The third-order valence-corrected chi connectivity index (χ3v) is 11.1. The number of nitrogens with zero attached hydrogens (tertiary/aromatic N) is 4. The summed E-state index contributed by atoms with van der Waals surface area (Å²) in [6, 6.07) is 31.2. The number of benzene rings is 4. The van der Waals surface area contributed by atoms with Crippen LogP contribution in [0, 0.1) is 0 Å². The van der Waals surface area contributed by atoms with Crippen molar-refractivity contribution in [2.75, 3.05) is 0 Å². The summed E-state index contributed by atoms with van der Waals surface area (Å²) in [5, 5.41) is 2.22. The number of hydrogen-bond acceptors (Lipinski definition) is 4. The number of furan rings is 1. The average molecular weight is 529 g/mol. The molecule has 5 nitrogen and oxygen atoms in total. The normalized spacial score (nSPS) is 12.3. The van der Waals surface area contributed by atoms with Crippen LogP contribution in [0.3, 0.4) is 0 Å². The van der Waals surface area contributed by atoms with Gasteiger partial charge in [-0.15, -0.1) is 0 Å². The molecule has 0 aliphatic heterocycles. The summed E-state index contributed by atoms with van der Waals surface area (Å²) in [7, 11) is 0. The van der Waals surface area contributed by atoms with Gasteiger partial charge in [0.2, 0.25) is 0 Å². The van der Waals surface area contributed by atoms with Gasteiger partial charge >= 0.3 is 199 Å². The Morgan fingerprint density at radius 3 is 2.22 bits per heavy atom. The van der Waals surface area contributed by atoms with Crippen molar-refractivity contribution in [3.05, 3.63) is 91.0 Å². The first-order valence-electron chi connectivity index (χ1n) is 12.1. The molecule has 0 aliphatic carbocycles. The molecule has 0 unspecified atom stereocenters. The fourth-order valence-electron chi connectivity index (χ4n) is 4.90. The SMILES string of the molecule is [CH3][Ge]([CH3])([CH3])[c]1ccc2c(c1)oc1c(-c3nc4nc5ccccc5nc4n3-c3ccccc3)cccc12. The molecule has 0 N–H and O–H groups in total. The molecule has 0 fully saturated rings. The molecule has 3 heterocycles. The quantitative estimate of drug-likeness (QED) is 0.230. The van der Waals surface area contributed by atoms with Crippen molar-refractivity contribution in [2.45, 2.75) is 17.3 Å². The average Bonchev–Trinajstić information content (AvgIpc) is 3.45. The van der Waals surface area contributed by atoms with E-state index >= 15 is 0 Å². The Bertz CT molecular complexity index is 1930. The minimum atomic E-state index is -2.00. The van der Waals surface area contributed by atoms with Gasteiger partial charge < -0.3 is 0 Å². The molecule has 3 aromatic heterocycles. The second-order valence-electron chi connectivity index (χ2n) is 10.2. The summed E-state index contributed by atoms with van der Waals surface area (Å²) in [6.45, 7) is 0. The maximum atomic E-state index is 6.57. The summed E-state index contributed by atoms with van der Waals surface area (Å²) in [5.41, 5.74) is 6.69. The van der Waals surface area contributed by atoms with E-state index in [1.54, 1.807) is 0 Å². The van der Waals surface area contributed by atoms with Crippen molar-refractivity contribution in [3.8, 4) is 17.1 Å². The topological polar surface area (TPSA) is 56.7 Å². The van der Waals surface area contributed by atoms with Crippen molar-refractivity contribution in [1.29, 1.82) is 0 Å². The number of aromatic nitrogens is 4. The Morgan fingerprint density at radius 1 is 0.694 bits per heavy atom. The van der Waals surface area contributed by atoms with Gasteiger partial charge in [-0.1, -0.05) is 12.1 Å². The van der Waals surface area contributed by atoms with Crippen molar-refractivity contribution in [1.82, 2.24) is 19.5 Å². The Morgan fingerprint density at radius 2 is 1.44 bits per heavy atom. The van der Waals surface area contributed by atoms with Crippen LogP contribution in [0.2, 0.25) is 17.3 Å². The minimum absolute atomic E-state index is 0.615. The van der Waals surface area contributed by atoms with Gasteiger partial charge in [0, 0.05) is 0 Å². The van der Waals surface area contributed by atoms with E-state index in [0.717, 1.165) is 55.7 Å². The number of hydrogen-bond donors (Lipinski definition) is 0. The van der Waals surface area contributed by atoms with E-state index < -0.39 is 13.3 Å². The van der Waals surface area contributed by atoms with Crippen LogP contribution in [0.15, 0.2) is 95.4 Å². The molecule has 174 valence electrons. The third kappa shape index (κ3) is 3.27. The zero-order valence-electron chi connectivity index (χ0n) is 20.4. The molecule has 0 saturated carbocycles. The van der Waals surface area contributed by atoms with Gasteiger partial charge in [-0.25, -0.2) is 0 Å². The molecule has 7 rings (SSSR count). The summed E-state index contributed by atoms with van der Waals surface area (Å²) in [6.07, 6.45) is 0. The Balaban J connectivity index is 1.56. The molecule has 6 heteroatoms. The summed E-state index contributed by atoms with van der Waals surface area (Å²) < 4.78 is 10.1. The fourth-order valence-corrected chi connectivity index (χ4v) is 7.31. The van der Waals surface area contributed by atoms with Crippen molar-refractivity contribution >= 4 is 61.9 Å². The Hall–Kier alpha value is -3.97. The van der Waals surface area contributed by atoms with Gasteiger partial charge in [-0.05, 0) is 0 Å². The molecule has 0 spiro atoms. The second kappa shape index (κ2) is 7.77. The fraction of sp³-hybridized carbons (Fsp3) is 0.100. The molecule has 0 amide bonds. The molecule has 0 aliphatic rings. The van der Waals surface area contributed by atoms with Crippen LogP contribution in [0.1, 0.15) is 0 Å². The molecule has 36 heavy (non-hydrogen) atoms. The van der Waals surface area contributed by atoms with Crippen LogP contribution in [-0.4, -0.2) is 32.8 Å². The van der Waals surface area contributed by atoms with Crippen molar-refractivity contribution in [2.24, 2.45) is 0 Å².